The summed E-state index contributed by atoms with van der Waals surface area (Å²) in [4.78, 5) is 11.8. The zero-order valence-corrected chi connectivity index (χ0v) is 12.2. The van der Waals surface area contributed by atoms with Crippen LogP contribution in [0.5, 0.6) is 0 Å². The number of halogens is 1. The Morgan fingerprint density at radius 1 is 1.04 bits per heavy atom. The van der Waals surface area contributed by atoms with Crippen molar-refractivity contribution in [2.45, 2.75) is 0 Å². The van der Waals surface area contributed by atoms with Gasteiger partial charge in [-0.3, -0.25) is 4.79 Å². The maximum atomic E-state index is 12.8. The number of hydrazone groups is 1. The van der Waals surface area contributed by atoms with Crippen molar-refractivity contribution in [1.82, 2.24) is 9.99 Å². The molecule has 4 nitrogen and oxygen atoms in total. The lowest BCUT2D eigenvalue weighted by Gasteiger charge is -2.00. The number of amides is 1. The lowest BCUT2D eigenvalue weighted by atomic mass is 10.2. The second-order valence-corrected chi connectivity index (χ2v) is 4.89. The Hall–Kier alpha value is -3.21. The molecule has 114 valence electrons. The predicted octanol–water partition coefficient (Wildman–Crippen LogP) is 3.38. The molecular formula is C18H14FN3O. The molecule has 3 aromatic rings. The highest BCUT2D eigenvalue weighted by Crippen LogP contribution is 2.09. The third-order valence-corrected chi connectivity index (χ3v) is 3.26. The summed E-state index contributed by atoms with van der Waals surface area (Å²) in [5.41, 5.74) is 4.67. The van der Waals surface area contributed by atoms with Gasteiger partial charge in [-0.1, -0.05) is 18.2 Å². The SMILES string of the molecule is O=C(N/N=C\c1ccn(-c2ccccc2)c1)c1ccc(F)cc1. The molecule has 1 aromatic heterocycles. The van der Waals surface area contributed by atoms with Crippen molar-refractivity contribution in [3.05, 3.63) is 90.0 Å². The Morgan fingerprint density at radius 2 is 1.78 bits per heavy atom. The van der Waals surface area contributed by atoms with Gasteiger partial charge in [0.15, 0.2) is 0 Å². The number of carbonyl (C=O) groups is 1. The van der Waals surface area contributed by atoms with Crippen LogP contribution in [0.4, 0.5) is 4.39 Å². The molecule has 1 amide bonds. The number of para-hydroxylation sites is 1. The number of nitrogens with one attached hydrogen (secondary N) is 1. The Labute approximate surface area is 132 Å². The van der Waals surface area contributed by atoms with Crippen molar-refractivity contribution in [2.75, 3.05) is 0 Å². The van der Waals surface area contributed by atoms with Gasteiger partial charge in [0.2, 0.25) is 0 Å². The Morgan fingerprint density at radius 3 is 2.52 bits per heavy atom. The van der Waals surface area contributed by atoms with E-state index in [2.05, 4.69) is 10.5 Å². The Bertz CT molecular complexity index is 823. The van der Waals surface area contributed by atoms with Crippen LogP contribution < -0.4 is 5.43 Å². The maximum absolute atomic E-state index is 12.8. The molecule has 3 rings (SSSR count). The molecule has 0 aliphatic carbocycles. The summed E-state index contributed by atoms with van der Waals surface area (Å²) in [7, 11) is 0. The van der Waals surface area contributed by atoms with Gasteiger partial charge in [-0.25, -0.2) is 9.82 Å². The van der Waals surface area contributed by atoms with Crippen molar-refractivity contribution in [3.8, 4) is 5.69 Å². The first-order valence-corrected chi connectivity index (χ1v) is 7.05. The molecule has 0 spiro atoms. The summed E-state index contributed by atoms with van der Waals surface area (Å²) in [6, 6.07) is 17.1. The number of carbonyl (C=O) groups excluding carboxylic acids is 1. The number of nitrogens with zero attached hydrogens (tertiary/aromatic N) is 2. The van der Waals surface area contributed by atoms with Crippen molar-refractivity contribution in [1.29, 1.82) is 0 Å². The van der Waals surface area contributed by atoms with Crippen LogP contribution in [0.2, 0.25) is 0 Å². The van der Waals surface area contributed by atoms with Crippen LogP contribution in [0.25, 0.3) is 5.69 Å². The van der Waals surface area contributed by atoms with E-state index in [1.54, 1.807) is 6.21 Å². The predicted molar refractivity (Wildman–Crippen MR) is 87.2 cm³/mol. The summed E-state index contributed by atoms with van der Waals surface area (Å²) in [6.07, 6.45) is 5.38. The zero-order chi connectivity index (χ0) is 16.1. The van der Waals surface area contributed by atoms with Crippen molar-refractivity contribution in [2.24, 2.45) is 5.10 Å². The molecule has 0 fully saturated rings. The molecule has 1 heterocycles. The van der Waals surface area contributed by atoms with Crippen LogP contribution >= 0.6 is 0 Å². The molecular weight excluding hydrogens is 293 g/mol. The highest BCUT2D eigenvalue weighted by molar-refractivity contribution is 5.94. The highest BCUT2D eigenvalue weighted by atomic mass is 19.1. The molecule has 1 N–H and O–H groups in total. The van der Waals surface area contributed by atoms with Gasteiger partial charge < -0.3 is 4.57 Å². The summed E-state index contributed by atoms with van der Waals surface area (Å²) in [5.74, 6) is -0.768. The fourth-order valence-electron chi connectivity index (χ4n) is 2.08. The third-order valence-electron chi connectivity index (χ3n) is 3.26. The van der Waals surface area contributed by atoms with Gasteiger partial charge in [-0.05, 0) is 42.5 Å². The number of aromatic nitrogens is 1. The van der Waals surface area contributed by atoms with Gasteiger partial charge in [-0.2, -0.15) is 5.10 Å². The van der Waals surface area contributed by atoms with E-state index in [-0.39, 0.29) is 11.7 Å². The number of hydrogen-bond donors (Lipinski definition) is 1. The molecule has 0 saturated carbocycles. The summed E-state index contributed by atoms with van der Waals surface area (Å²) in [5, 5.41) is 3.92. The first-order chi connectivity index (χ1) is 11.2. The van der Waals surface area contributed by atoms with Gasteiger partial charge >= 0.3 is 0 Å². The molecule has 0 bridgehead atoms. The topological polar surface area (TPSA) is 46.4 Å². The second kappa shape index (κ2) is 6.70. The van der Waals surface area contributed by atoms with Gasteiger partial charge in [0.25, 0.3) is 5.91 Å². The molecule has 5 heteroatoms. The summed E-state index contributed by atoms with van der Waals surface area (Å²) in [6.45, 7) is 0. The molecule has 0 radical (unpaired) electrons. The van der Waals surface area contributed by atoms with Crippen LogP contribution in [0.15, 0.2) is 78.2 Å². The maximum Gasteiger partial charge on any atom is 0.271 e. The lowest BCUT2D eigenvalue weighted by molar-refractivity contribution is 0.0955. The standard InChI is InChI=1S/C18H14FN3O/c19-16-8-6-15(7-9-16)18(23)21-20-12-14-10-11-22(13-14)17-4-2-1-3-5-17/h1-13H,(H,21,23)/b20-12-. The molecule has 0 aliphatic heterocycles. The molecule has 0 unspecified atom stereocenters. The van der Waals surface area contributed by atoms with E-state index in [9.17, 15) is 9.18 Å². The minimum Gasteiger partial charge on any atom is -0.323 e. The molecule has 0 saturated heterocycles. The van der Waals surface area contributed by atoms with Crippen LogP contribution in [0.3, 0.4) is 0 Å². The van der Waals surface area contributed by atoms with Crippen molar-refractivity contribution >= 4 is 12.1 Å². The average Bonchev–Trinajstić information content (AvgIpc) is 3.05. The summed E-state index contributed by atoms with van der Waals surface area (Å²) >= 11 is 0. The third kappa shape index (κ3) is 3.71. The first kappa shape index (κ1) is 14.7. The number of hydrogen-bond acceptors (Lipinski definition) is 2. The quantitative estimate of drug-likeness (QED) is 0.583. The van der Waals surface area contributed by atoms with Crippen molar-refractivity contribution in [3.63, 3.8) is 0 Å². The molecule has 0 aliphatic rings. The van der Waals surface area contributed by atoms with Crippen LogP contribution in [0.1, 0.15) is 15.9 Å². The van der Waals surface area contributed by atoms with E-state index >= 15 is 0 Å². The van der Waals surface area contributed by atoms with Gasteiger partial charge in [0, 0.05) is 29.2 Å². The second-order valence-electron chi connectivity index (χ2n) is 4.89. The van der Waals surface area contributed by atoms with Gasteiger partial charge in [-0.15, -0.1) is 0 Å². The van der Waals surface area contributed by atoms with E-state index in [4.69, 9.17) is 0 Å². The Balaban J connectivity index is 1.63. The van der Waals surface area contributed by atoms with Crippen LogP contribution in [-0.4, -0.2) is 16.7 Å². The highest BCUT2D eigenvalue weighted by Gasteiger charge is 2.03. The Kier molecular flexibility index (Phi) is 4.29. The first-order valence-electron chi connectivity index (χ1n) is 7.05. The molecule has 2 aromatic carbocycles. The summed E-state index contributed by atoms with van der Waals surface area (Å²) < 4.78 is 14.8. The number of benzene rings is 2. The van der Waals surface area contributed by atoms with Crippen molar-refractivity contribution < 1.29 is 9.18 Å². The largest absolute Gasteiger partial charge is 0.323 e. The fourth-order valence-corrected chi connectivity index (χ4v) is 2.08. The molecule has 0 atom stereocenters. The molecule has 23 heavy (non-hydrogen) atoms. The van der Waals surface area contributed by atoms with Gasteiger partial charge in [0.1, 0.15) is 5.82 Å². The van der Waals surface area contributed by atoms with E-state index in [0.29, 0.717) is 5.56 Å². The lowest BCUT2D eigenvalue weighted by Crippen LogP contribution is -2.17. The van der Waals surface area contributed by atoms with Gasteiger partial charge in [0.05, 0.1) is 6.21 Å². The number of rotatable bonds is 4. The van der Waals surface area contributed by atoms with Crippen LogP contribution in [-0.2, 0) is 0 Å². The smallest absolute Gasteiger partial charge is 0.271 e. The zero-order valence-electron chi connectivity index (χ0n) is 12.2. The fraction of sp³-hybridized carbons (Fsp3) is 0. The normalized spacial score (nSPS) is 10.8. The van der Waals surface area contributed by atoms with E-state index in [1.807, 2.05) is 53.4 Å². The van der Waals surface area contributed by atoms with E-state index < -0.39 is 0 Å². The minimum absolute atomic E-state index is 0.352. The minimum atomic E-state index is -0.385. The average molecular weight is 307 g/mol. The van der Waals surface area contributed by atoms with Crippen LogP contribution in [0, 0.1) is 5.82 Å². The van der Waals surface area contributed by atoms with E-state index in [1.165, 1.54) is 24.3 Å². The van der Waals surface area contributed by atoms with E-state index in [0.717, 1.165) is 11.3 Å². The monoisotopic (exact) mass is 307 g/mol.